The number of nitrogens with zero attached hydrogens (tertiary/aromatic N) is 5. The molecule has 0 aliphatic carbocycles. The molecule has 0 unspecified atom stereocenters. The van der Waals surface area contributed by atoms with Crippen LogP contribution in [-0.2, 0) is 16.0 Å². The number of pyridine rings is 1. The molecule has 1 saturated heterocycles. The smallest absolute Gasteiger partial charge is 0.274 e. The second kappa shape index (κ2) is 7.07. The summed E-state index contributed by atoms with van der Waals surface area (Å²) in [6, 6.07) is 3.46. The Balaban J connectivity index is 2.31. The molecule has 1 aromatic heterocycles. The topological polar surface area (TPSA) is 93.3 Å². The van der Waals surface area contributed by atoms with Crippen molar-refractivity contribution in [1.82, 2.24) is 14.8 Å². The molecule has 23 heavy (non-hydrogen) atoms. The number of halogens is 1. The lowest BCUT2D eigenvalue weighted by atomic mass is 10.1. The monoisotopic (exact) mass is 343 g/mol. The van der Waals surface area contributed by atoms with E-state index >= 15 is 0 Å². The summed E-state index contributed by atoms with van der Waals surface area (Å²) >= 11 is 5.78. The van der Waals surface area contributed by atoms with Crippen LogP contribution in [-0.4, -0.2) is 65.9 Å². The maximum atomic E-state index is 10.8. The Morgan fingerprint density at radius 3 is 2.65 bits per heavy atom. The van der Waals surface area contributed by atoms with E-state index in [4.69, 9.17) is 21.1 Å². The Morgan fingerprint density at radius 1 is 1.43 bits per heavy atom. The van der Waals surface area contributed by atoms with Gasteiger partial charge in [0.25, 0.3) is 5.96 Å². The number of hydrazone groups is 1. The highest BCUT2D eigenvalue weighted by molar-refractivity contribution is 6.29. The molecule has 0 bridgehead atoms. The van der Waals surface area contributed by atoms with E-state index in [0.717, 1.165) is 5.56 Å². The number of ether oxygens (including phenoxy) is 2. The van der Waals surface area contributed by atoms with E-state index in [1.54, 1.807) is 35.2 Å². The van der Waals surface area contributed by atoms with Gasteiger partial charge in [0.1, 0.15) is 10.3 Å². The summed E-state index contributed by atoms with van der Waals surface area (Å²) in [5.41, 5.74) is 0.835. The average molecular weight is 344 g/mol. The van der Waals surface area contributed by atoms with Crippen LogP contribution in [0.5, 0.6) is 0 Å². The first-order valence-electron chi connectivity index (χ1n) is 6.79. The van der Waals surface area contributed by atoms with Gasteiger partial charge in [-0.25, -0.2) is 15.1 Å². The van der Waals surface area contributed by atoms with Gasteiger partial charge < -0.3 is 19.3 Å². The average Bonchev–Trinajstić information content (AvgIpc) is 2.52. The van der Waals surface area contributed by atoms with Crippen LogP contribution in [0, 0.1) is 10.1 Å². The highest BCUT2D eigenvalue weighted by Gasteiger charge is 2.42. The van der Waals surface area contributed by atoms with Crippen LogP contribution in [0.4, 0.5) is 0 Å². The largest absolute Gasteiger partial charge is 0.350 e. The number of guanidine groups is 1. The van der Waals surface area contributed by atoms with Gasteiger partial charge in [-0.05, 0) is 11.6 Å². The summed E-state index contributed by atoms with van der Waals surface area (Å²) in [6.07, 6.45) is 1.61. The number of likely N-dealkylation sites (N-methyl/N-ethyl adjacent to an activating group) is 1. The zero-order chi connectivity index (χ0) is 17.0. The first-order chi connectivity index (χ1) is 10.9. The summed E-state index contributed by atoms with van der Waals surface area (Å²) in [6.45, 7) is 0.970. The van der Waals surface area contributed by atoms with Crippen LogP contribution < -0.4 is 0 Å². The van der Waals surface area contributed by atoms with E-state index in [0.29, 0.717) is 24.8 Å². The molecular formula is C13H18ClN5O4. The molecule has 0 atom stereocenters. The van der Waals surface area contributed by atoms with Crippen molar-refractivity contribution in [2.45, 2.75) is 12.3 Å². The second-order valence-corrected chi connectivity index (χ2v) is 5.55. The Hall–Kier alpha value is -1.97. The maximum absolute atomic E-state index is 10.8. The second-order valence-electron chi connectivity index (χ2n) is 5.16. The molecule has 10 heteroatoms. The van der Waals surface area contributed by atoms with Gasteiger partial charge >= 0.3 is 0 Å². The molecule has 126 valence electrons. The van der Waals surface area contributed by atoms with Gasteiger partial charge in [-0.15, -0.1) is 0 Å². The van der Waals surface area contributed by atoms with Crippen molar-refractivity contribution in [1.29, 1.82) is 0 Å². The number of rotatable bonds is 5. The fraction of sp³-hybridized carbons (Fsp3) is 0.538. The predicted molar refractivity (Wildman–Crippen MR) is 83.5 cm³/mol. The van der Waals surface area contributed by atoms with E-state index in [-0.39, 0.29) is 5.96 Å². The lowest BCUT2D eigenvalue weighted by Gasteiger charge is -2.45. The predicted octanol–water partition coefficient (Wildman–Crippen LogP) is 1.02. The summed E-state index contributed by atoms with van der Waals surface area (Å²) in [5, 5.41) is 14.0. The lowest BCUT2D eigenvalue weighted by molar-refractivity contribution is -0.486. The third-order valence-corrected chi connectivity index (χ3v) is 3.83. The zero-order valence-electron chi connectivity index (χ0n) is 13.1. The zero-order valence-corrected chi connectivity index (χ0v) is 13.9. The summed E-state index contributed by atoms with van der Waals surface area (Å²) in [4.78, 5) is 18.2. The first-order valence-corrected chi connectivity index (χ1v) is 7.17. The van der Waals surface area contributed by atoms with Crippen molar-refractivity contribution >= 4 is 17.6 Å². The number of methoxy groups -OCH3 is 2. The summed E-state index contributed by atoms with van der Waals surface area (Å²) < 4.78 is 10.9. The normalized spacial score (nSPS) is 19.2. The molecule has 2 heterocycles. The van der Waals surface area contributed by atoms with E-state index < -0.39 is 10.8 Å². The Labute approximate surface area is 138 Å². The van der Waals surface area contributed by atoms with Crippen LogP contribution in [0.1, 0.15) is 5.56 Å². The van der Waals surface area contributed by atoms with Crippen LogP contribution >= 0.6 is 11.6 Å². The number of hydrogen-bond acceptors (Lipinski definition) is 5. The van der Waals surface area contributed by atoms with E-state index in [9.17, 15) is 10.1 Å². The van der Waals surface area contributed by atoms with Crippen LogP contribution in [0.25, 0.3) is 0 Å². The van der Waals surface area contributed by atoms with Crippen LogP contribution in [0.15, 0.2) is 23.4 Å². The molecule has 1 fully saturated rings. The van der Waals surface area contributed by atoms with Gasteiger partial charge in [-0.3, -0.25) is 0 Å². The Bertz CT molecular complexity index is 591. The minimum atomic E-state index is -0.899. The maximum Gasteiger partial charge on any atom is 0.274 e. The quantitative estimate of drug-likeness (QED) is 0.341. The summed E-state index contributed by atoms with van der Waals surface area (Å²) in [5.74, 6) is -0.667. The minimum absolute atomic E-state index is 0.231. The van der Waals surface area contributed by atoms with Crippen molar-refractivity contribution in [2.75, 3.05) is 34.4 Å². The third-order valence-electron chi connectivity index (χ3n) is 3.61. The third kappa shape index (κ3) is 4.06. The molecular weight excluding hydrogens is 326 g/mol. The molecule has 2 rings (SSSR count). The van der Waals surface area contributed by atoms with Crippen LogP contribution in [0.2, 0.25) is 5.15 Å². The molecule has 0 radical (unpaired) electrons. The molecule has 1 aliphatic heterocycles. The minimum Gasteiger partial charge on any atom is -0.350 e. The molecule has 0 amide bonds. The van der Waals surface area contributed by atoms with E-state index in [1.165, 1.54) is 14.2 Å². The molecule has 0 N–H and O–H groups in total. The van der Waals surface area contributed by atoms with Gasteiger partial charge in [0.15, 0.2) is 5.03 Å². The van der Waals surface area contributed by atoms with Crippen molar-refractivity contribution in [3.8, 4) is 0 Å². The number of hydrogen-bond donors (Lipinski definition) is 0. The van der Waals surface area contributed by atoms with Gasteiger partial charge in [0.05, 0.1) is 13.1 Å². The standard InChI is InChI=1S/C13H18ClN5O4/c1-17-8-13(22-2,23-3)9-18(12(17)16-19(20)21)7-10-4-5-11(14)15-6-10/h4-6H,7-9H2,1-3H3/b16-12+. The van der Waals surface area contributed by atoms with Gasteiger partial charge in [0, 0.05) is 34.0 Å². The lowest BCUT2D eigenvalue weighted by Crippen LogP contribution is -2.63. The highest BCUT2D eigenvalue weighted by Crippen LogP contribution is 2.23. The number of nitro groups is 1. The molecule has 0 aromatic carbocycles. The van der Waals surface area contributed by atoms with Gasteiger partial charge in [0.2, 0.25) is 5.79 Å². The van der Waals surface area contributed by atoms with Crippen molar-refractivity contribution in [3.63, 3.8) is 0 Å². The van der Waals surface area contributed by atoms with E-state index in [1.807, 2.05) is 0 Å². The van der Waals surface area contributed by atoms with Crippen LogP contribution in [0.3, 0.4) is 0 Å². The molecule has 1 aromatic rings. The fourth-order valence-corrected chi connectivity index (χ4v) is 2.60. The fourth-order valence-electron chi connectivity index (χ4n) is 2.49. The molecule has 9 nitrogen and oxygen atoms in total. The SMILES string of the molecule is COC1(OC)CN(C)/C(=N\[N+](=O)[O-])N(Cc2ccc(Cl)nc2)C1. The van der Waals surface area contributed by atoms with Crippen molar-refractivity contribution in [2.24, 2.45) is 5.10 Å². The molecule has 0 spiro atoms. The highest BCUT2D eigenvalue weighted by atomic mass is 35.5. The number of aromatic nitrogens is 1. The first kappa shape index (κ1) is 17.4. The van der Waals surface area contributed by atoms with Crippen molar-refractivity contribution < 1.29 is 14.5 Å². The molecule has 0 saturated carbocycles. The van der Waals surface area contributed by atoms with Crippen molar-refractivity contribution in [3.05, 3.63) is 39.2 Å². The Kier molecular flexibility index (Phi) is 5.34. The molecule has 1 aliphatic rings. The van der Waals surface area contributed by atoms with E-state index in [2.05, 4.69) is 10.1 Å². The Morgan fingerprint density at radius 2 is 2.13 bits per heavy atom. The summed E-state index contributed by atoms with van der Waals surface area (Å²) in [7, 11) is 4.77. The van der Waals surface area contributed by atoms with Gasteiger partial charge in [-0.2, -0.15) is 0 Å². The van der Waals surface area contributed by atoms with Gasteiger partial charge in [-0.1, -0.05) is 17.7 Å².